The summed E-state index contributed by atoms with van der Waals surface area (Å²) in [6, 6.07) is 6.31. The van der Waals surface area contributed by atoms with Crippen molar-refractivity contribution < 1.29 is 9.18 Å². The van der Waals surface area contributed by atoms with Gasteiger partial charge in [-0.15, -0.1) is 0 Å². The zero-order valence-corrected chi connectivity index (χ0v) is 11.4. The second kappa shape index (κ2) is 4.52. The van der Waals surface area contributed by atoms with E-state index in [1.54, 1.807) is 6.07 Å². The number of carbonyl (C=O) groups is 1. The number of para-hydroxylation sites is 1. The van der Waals surface area contributed by atoms with Gasteiger partial charge in [0.25, 0.3) is 5.91 Å². The second-order valence-electron chi connectivity index (χ2n) is 5.12. The number of nitrogens with zero attached hydrogens (tertiary/aromatic N) is 2. The fourth-order valence-electron chi connectivity index (χ4n) is 2.87. The topological polar surface area (TPSA) is 81.8 Å². The fourth-order valence-corrected chi connectivity index (χ4v) is 2.87. The Labute approximate surface area is 123 Å². The van der Waals surface area contributed by atoms with Gasteiger partial charge < -0.3 is 9.88 Å². The molecule has 1 aliphatic heterocycles. The molecule has 4 rings (SSSR count). The number of benzene rings is 1. The molecule has 22 heavy (non-hydrogen) atoms. The third kappa shape index (κ3) is 1.75. The highest BCUT2D eigenvalue weighted by molar-refractivity contribution is 6.13. The minimum absolute atomic E-state index is 0.291. The van der Waals surface area contributed by atoms with Crippen LogP contribution in [0.5, 0.6) is 0 Å². The van der Waals surface area contributed by atoms with Crippen LogP contribution in [0.1, 0.15) is 15.9 Å². The lowest BCUT2D eigenvalue weighted by atomic mass is 10.1. The number of pyridine rings is 1. The lowest BCUT2D eigenvalue weighted by Crippen LogP contribution is -2.29. The number of hydrogen-bond donors (Lipinski definition) is 2. The molecule has 0 aliphatic carbocycles. The average molecular weight is 298 g/mol. The highest BCUT2D eigenvalue weighted by Crippen LogP contribution is 2.32. The van der Waals surface area contributed by atoms with E-state index in [-0.39, 0.29) is 5.91 Å². The van der Waals surface area contributed by atoms with Gasteiger partial charge in [-0.2, -0.15) is 0 Å². The van der Waals surface area contributed by atoms with E-state index in [0.717, 1.165) is 5.56 Å². The molecule has 2 N–H and O–H groups in total. The number of nitrogens with one attached hydrogen (secondary N) is 2. The number of aromatic nitrogens is 3. The molecule has 2 aromatic heterocycles. The van der Waals surface area contributed by atoms with Gasteiger partial charge in [0.05, 0.1) is 16.8 Å². The third-order valence-corrected chi connectivity index (χ3v) is 3.84. The smallest absolute Gasteiger partial charge is 0.305 e. The van der Waals surface area contributed by atoms with Gasteiger partial charge in [-0.3, -0.25) is 9.78 Å². The molecule has 1 amide bonds. The van der Waals surface area contributed by atoms with E-state index in [0.29, 0.717) is 35.4 Å². The molecule has 0 saturated heterocycles. The summed E-state index contributed by atoms with van der Waals surface area (Å²) in [6.45, 7) is 0.410. The maximum atomic E-state index is 14.1. The van der Waals surface area contributed by atoms with E-state index in [1.165, 1.54) is 23.2 Å². The molecule has 7 heteroatoms. The molecule has 3 aromatic rings. The Morgan fingerprint density at radius 2 is 2.14 bits per heavy atom. The number of rotatable bonds is 1. The summed E-state index contributed by atoms with van der Waals surface area (Å²) in [5.74, 6) is -0.775. The number of H-pyrrole nitrogens is 2. The van der Waals surface area contributed by atoms with Crippen LogP contribution in [0, 0.1) is 5.82 Å². The highest BCUT2D eigenvalue weighted by atomic mass is 19.1. The molecule has 0 unspecified atom stereocenters. The molecule has 0 radical (unpaired) electrons. The predicted molar refractivity (Wildman–Crippen MR) is 78.5 cm³/mol. The van der Waals surface area contributed by atoms with E-state index < -0.39 is 11.5 Å². The van der Waals surface area contributed by atoms with Crippen LogP contribution in [0.25, 0.3) is 11.2 Å². The van der Waals surface area contributed by atoms with Crippen molar-refractivity contribution in [3.63, 3.8) is 0 Å². The Morgan fingerprint density at radius 1 is 1.27 bits per heavy atom. The van der Waals surface area contributed by atoms with Gasteiger partial charge in [-0.25, -0.2) is 14.2 Å². The van der Waals surface area contributed by atoms with Crippen molar-refractivity contribution in [1.29, 1.82) is 0 Å². The van der Waals surface area contributed by atoms with Crippen LogP contribution in [-0.4, -0.2) is 27.4 Å². The maximum absolute atomic E-state index is 14.1. The monoisotopic (exact) mass is 298 g/mol. The minimum atomic E-state index is -0.434. The largest absolute Gasteiger partial charge is 0.325 e. The lowest BCUT2D eigenvalue weighted by Gasteiger charge is -2.18. The third-order valence-electron chi connectivity index (χ3n) is 3.84. The number of anilines is 1. The Bertz CT molecular complexity index is 960. The number of carbonyl (C=O) groups excluding carboxylic acids is 1. The Morgan fingerprint density at radius 3 is 3.00 bits per heavy atom. The minimum Gasteiger partial charge on any atom is -0.305 e. The van der Waals surface area contributed by atoms with Crippen molar-refractivity contribution in [1.82, 2.24) is 15.0 Å². The van der Waals surface area contributed by atoms with Crippen molar-refractivity contribution >= 4 is 22.8 Å². The highest BCUT2D eigenvalue weighted by Gasteiger charge is 2.29. The van der Waals surface area contributed by atoms with Crippen LogP contribution in [0.3, 0.4) is 0 Å². The first kappa shape index (κ1) is 12.8. The molecule has 0 spiro atoms. The number of imidazole rings is 1. The quantitative estimate of drug-likeness (QED) is 0.716. The Balaban J connectivity index is 1.85. The fraction of sp³-hybridized carbons (Fsp3) is 0.133. The van der Waals surface area contributed by atoms with Crippen LogP contribution in [-0.2, 0) is 6.42 Å². The summed E-state index contributed by atoms with van der Waals surface area (Å²) < 4.78 is 14.1. The summed E-state index contributed by atoms with van der Waals surface area (Å²) in [5, 5.41) is 0. The maximum Gasteiger partial charge on any atom is 0.325 e. The van der Waals surface area contributed by atoms with Gasteiger partial charge in [-0.05, 0) is 24.1 Å². The zero-order valence-electron chi connectivity index (χ0n) is 11.4. The molecule has 0 fully saturated rings. The van der Waals surface area contributed by atoms with Crippen molar-refractivity contribution in [3.8, 4) is 0 Å². The first-order valence-corrected chi connectivity index (χ1v) is 6.81. The van der Waals surface area contributed by atoms with Crippen LogP contribution in [0.4, 0.5) is 10.1 Å². The molecule has 0 atom stereocenters. The average Bonchev–Trinajstić information content (AvgIpc) is 3.09. The van der Waals surface area contributed by atoms with Gasteiger partial charge >= 0.3 is 5.69 Å². The Hall–Kier alpha value is -2.96. The van der Waals surface area contributed by atoms with E-state index in [9.17, 15) is 14.0 Å². The molecular weight excluding hydrogens is 287 g/mol. The van der Waals surface area contributed by atoms with Gasteiger partial charge in [0, 0.05) is 12.7 Å². The number of hydrogen-bond acceptors (Lipinski definition) is 3. The van der Waals surface area contributed by atoms with Gasteiger partial charge in [-0.1, -0.05) is 12.1 Å². The van der Waals surface area contributed by atoms with Crippen molar-refractivity contribution in [3.05, 3.63) is 57.9 Å². The summed E-state index contributed by atoms with van der Waals surface area (Å²) in [4.78, 5) is 34.7. The summed E-state index contributed by atoms with van der Waals surface area (Å²) >= 11 is 0. The number of aromatic amines is 2. The standard InChI is InChI=1S/C15H11FN4O2/c16-10-3-1-2-8-5-7-20(12(8)10)14(21)9-4-6-17-13-11(9)18-15(22)19-13/h1-4,6H,5,7H2,(H2,17,18,19,22). The summed E-state index contributed by atoms with van der Waals surface area (Å²) in [7, 11) is 0. The van der Waals surface area contributed by atoms with Crippen molar-refractivity contribution in [2.24, 2.45) is 0 Å². The second-order valence-corrected chi connectivity index (χ2v) is 5.12. The molecule has 1 aromatic carbocycles. The zero-order chi connectivity index (χ0) is 15.3. The number of amides is 1. The molecule has 6 nitrogen and oxygen atoms in total. The van der Waals surface area contributed by atoms with E-state index in [2.05, 4.69) is 15.0 Å². The predicted octanol–water partition coefficient (Wildman–Crippen LogP) is 1.59. The molecule has 0 bridgehead atoms. The van der Waals surface area contributed by atoms with E-state index in [4.69, 9.17) is 0 Å². The molecule has 110 valence electrons. The van der Waals surface area contributed by atoms with E-state index in [1.807, 2.05) is 6.07 Å². The molecule has 0 saturated carbocycles. The number of halogens is 1. The first-order valence-electron chi connectivity index (χ1n) is 6.81. The van der Waals surface area contributed by atoms with Gasteiger partial charge in [0.2, 0.25) is 0 Å². The van der Waals surface area contributed by atoms with Crippen LogP contribution in [0.2, 0.25) is 0 Å². The summed E-state index contributed by atoms with van der Waals surface area (Å²) in [5.41, 5.74) is 1.62. The lowest BCUT2D eigenvalue weighted by molar-refractivity contribution is 0.0990. The van der Waals surface area contributed by atoms with Crippen LogP contribution in [0.15, 0.2) is 35.3 Å². The first-order chi connectivity index (χ1) is 10.6. The van der Waals surface area contributed by atoms with Crippen LogP contribution >= 0.6 is 0 Å². The normalized spacial score (nSPS) is 13.6. The SMILES string of the molecule is O=C(c1ccnc2[nH]c(=O)[nH]c12)N1CCc2cccc(F)c21. The van der Waals surface area contributed by atoms with Crippen molar-refractivity contribution in [2.75, 3.05) is 11.4 Å². The van der Waals surface area contributed by atoms with E-state index >= 15 is 0 Å². The van der Waals surface area contributed by atoms with Crippen molar-refractivity contribution in [2.45, 2.75) is 6.42 Å². The summed E-state index contributed by atoms with van der Waals surface area (Å²) in [6.07, 6.45) is 2.05. The van der Waals surface area contributed by atoms with Gasteiger partial charge in [0.15, 0.2) is 5.65 Å². The van der Waals surface area contributed by atoms with Gasteiger partial charge in [0.1, 0.15) is 5.82 Å². The Kier molecular flexibility index (Phi) is 2.62. The number of fused-ring (bicyclic) bond motifs is 2. The molecule has 1 aliphatic rings. The van der Waals surface area contributed by atoms with Crippen LogP contribution < -0.4 is 10.6 Å². The molecule has 3 heterocycles. The molecular formula is C15H11FN4O2.